The lowest BCUT2D eigenvalue weighted by molar-refractivity contribution is -0.137. The number of benzene rings is 2. The van der Waals surface area contributed by atoms with Crippen molar-refractivity contribution in [3.05, 3.63) is 65.7 Å². The SMILES string of the molecule is O=C(NCC1CCCO1)c1cc(N2CCN(c3cccc(C(F)(F)F)c3)CC2)nc2ccccc12. The van der Waals surface area contributed by atoms with Crippen LogP contribution in [0.4, 0.5) is 24.7 Å². The van der Waals surface area contributed by atoms with Gasteiger partial charge < -0.3 is 19.9 Å². The lowest BCUT2D eigenvalue weighted by Crippen LogP contribution is -2.47. The van der Waals surface area contributed by atoms with Crippen molar-refractivity contribution in [1.82, 2.24) is 10.3 Å². The molecule has 0 aliphatic carbocycles. The Morgan fingerprint density at radius 2 is 1.80 bits per heavy atom. The normalized spacial score (nSPS) is 18.8. The molecular formula is C26H27F3N4O2. The molecule has 0 spiro atoms. The molecule has 1 N–H and O–H groups in total. The minimum absolute atomic E-state index is 0.0513. The highest BCUT2D eigenvalue weighted by atomic mass is 19.4. The second kappa shape index (κ2) is 9.73. The van der Waals surface area contributed by atoms with E-state index >= 15 is 0 Å². The van der Waals surface area contributed by atoms with E-state index in [1.807, 2.05) is 35.2 Å². The van der Waals surface area contributed by atoms with Gasteiger partial charge in [-0.1, -0.05) is 24.3 Å². The summed E-state index contributed by atoms with van der Waals surface area (Å²) in [5.41, 5.74) is 1.20. The van der Waals surface area contributed by atoms with E-state index in [0.717, 1.165) is 36.4 Å². The number of piperazine rings is 1. The fourth-order valence-electron chi connectivity index (χ4n) is 4.69. The van der Waals surface area contributed by atoms with Crippen LogP contribution >= 0.6 is 0 Å². The van der Waals surface area contributed by atoms with Crippen LogP contribution in [0.5, 0.6) is 0 Å². The van der Waals surface area contributed by atoms with E-state index in [0.29, 0.717) is 49.8 Å². The van der Waals surface area contributed by atoms with Crippen molar-refractivity contribution < 1.29 is 22.7 Å². The number of nitrogens with one attached hydrogen (secondary N) is 1. The number of pyridine rings is 1. The van der Waals surface area contributed by atoms with Crippen LogP contribution in [0.15, 0.2) is 54.6 Å². The average Bonchev–Trinajstić information content (AvgIpc) is 3.40. The van der Waals surface area contributed by atoms with Gasteiger partial charge in [-0.05, 0) is 43.2 Å². The molecule has 0 bridgehead atoms. The molecule has 2 saturated heterocycles. The number of amides is 1. The number of aromatic nitrogens is 1. The van der Waals surface area contributed by atoms with E-state index in [9.17, 15) is 18.0 Å². The fraction of sp³-hybridized carbons (Fsp3) is 0.385. The van der Waals surface area contributed by atoms with Crippen LogP contribution in [-0.2, 0) is 10.9 Å². The van der Waals surface area contributed by atoms with Crippen molar-refractivity contribution in [3.8, 4) is 0 Å². The maximum absolute atomic E-state index is 13.1. The van der Waals surface area contributed by atoms with E-state index in [-0.39, 0.29) is 12.0 Å². The molecule has 2 aliphatic rings. The molecule has 1 amide bonds. The number of carbonyl (C=O) groups is 1. The van der Waals surface area contributed by atoms with Crippen molar-refractivity contribution in [1.29, 1.82) is 0 Å². The predicted octanol–water partition coefficient (Wildman–Crippen LogP) is 4.49. The number of nitrogens with zero attached hydrogens (tertiary/aromatic N) is 3. The first kappa shape index (κ1) is 23.4. The van der Waals surface area contributed by atoms with E-state index in [1.165, 1.54) is 12.1 Å². The quantitative estimate of drug-likeness (QED) is 0.579. The third kappa shape index (κ3) is 5.19. The number of hydrogen-bond donors (Lipinski definition) is 1. The first-order chi connectivity index (χ1) is 16.9. The zero-order chi connectivity index (χ0) is 24.4. The van der Waals surface area contributed by atoms with Crippen LogP contribution in [0.25, 0.3) is 10.9 Å². The van der Waals surface area contributed by atoms with E-state index in [4.69, 9.17) is 9.72 Å². The molecule has 1 atom stereocenters. The van der Waals surface area contributed by atoms with Gasteiger partial charge >= 0.3 is 6.18 Å². The van der Waals surface area contributed by atoms with Crippen LogP contribution in [0.1, 0.15) is 28.8 Å². The molecule has 0 saturated carbocycles. The van der Waals surface area contributed by atoms with Gasteiger partial charge in [-0.25, -0.2) is 4.98 Å². The summed E-state index contributed by atoms with van der Waals surface area (Å²) in [6.45, 7) is 3.47. The molecule has 1 aromatic heterocycles. The van der Waals surface area contributed by atoms with Crippen LogP contribution in [0, 0.1) is 0 Å². The Balaban J connectivity index is 1.33. The van der Waals surface area contributed by atoms with E-state index in [2.05, 4.69) is 10.2 Å². The number of anilines is 2. The number of hydrogen-bond acceptors (Lipinski definition) is 5. The molecule has 2 fully saturated rings. The third-order valence-corrected chi connectivity index (χ3v) is 6.60. The molecule has 9 heteroatoms. The van der Waals surface area contributed by atoms with Gasteiger partial charge in [0.05, 0.1) is 22.7 Å². The number of fused-ring (bicyclic) bond motifs is 1. The van der Waals surface area contributed by atoms with Crippen molar-refractivity contribution in [3.63, 3.8) is 0 Å². The Labute approximate surface area is 201 Å². The molecule has 5 rings (SSSR count). The second-order valence-electron chi connectivity index (χ2n) is 8.91. The Bertz CT molecular complexity index is 1200. The van der Waals surface area contributed by atoms with Gasteiger partial charge in [0.15, 0.2) is 0 Å². The zero-order valence-corrected chi connectivity index (χ0v) is 19.2. The molecule has 184 valence electrons. The third-order valence-electron chi connectivity index (χ3n) is 6.60. The van der Waals surface area contributed by atoms with Gasteiger partial charge in [0.1, 0.15) is 5.82 Å². The highest BCUT2D eigenvalue weighted by Gasteiger charge is 2.31. The van der Waals surface area contributed by atoms with E-state index in [1.54, 1.807) is 6.07 Å². The standard InChI is InChI=1S/C26H27F3N4O2/c27-26(28,29)18-5-3-6-19(15-18)32-10-12-33(13-11-32)24-16-22(21-8-1-2-9-23(21)31-24)25(34)30-17-20-7-4-14-35-20/h1-3,5-6,8-9,15-16,20H,4,7,10-14,17H2,(H,30,34). The Hall–Kier alpha value is -3.33. The molecule has 2 aromatic carbocycles. The van der Waals surface area contributed by atoms with Crippen molar-refractivity contribution in [2.24, 2.45) is 0 Å². The smallest absolute Gasteiger partial charge is 0.376 e. The Morgan fingerprint density at radius 1 is 1.03 bits per heavy atom. The molecule has 2 aliphatic heterocycles. The van der Waals surface area contributed by atoms with Crippen molar-refractivity contribution >= 4 is 28.3 Å². The number of halogens is 3. The summed E-state index contributed by atoms with van der Waals surface area (Å²) < 4.78 is 45.0. The minimum Gasteiger partial charge on any atom is -0.376 e. The highest BCUT2D eigenvalue weighted by Crippen LogP contribution is 2.32. The van der Waals surface area contributed by atoms with Gasteiger partial charge in [-0.15, -0.1) is 0 Å². The molecule has 0 radical (unpaired) electrons. The van der Waals surface area contributed by atoms with Crippen molar-refractivity contribution in [2.45, 2.75) is 25.1 Å². The summed E-state index contributed by atoms with van der Waals surface area (Å²) in [4.78, 5) is 21.9. The number of para-hydroxylation sites is 1. The summed E-state index contributed by atoms with van der Waals surface area (Å²) in [6.07, 6.45) is -2.36. The van der Waals surface area contributed by atoms with Crippen LogP contribution in [0.3, 0.4) is 0 Å². The lowest BCUT2D eigenvalue weighted by atomic mass is 10.1. The summed E-state index contributed by atoms with van der Waals surface area (Å²) >= 11 is 0. The topological polar surface area (TPSA) is 57.7 Å². The minimum atomic E-state index is -4.37. The molecule has 6 nitrogen and oxygen atoms in total. The first-order valence-corrected chi connectivity index (χ1v) is 11.9. The van der Waals surface area contributed by atoms with Crippen LogP contribution in [0.2, 0.25) is 0 Å². The lowest BCUT2D eigenvalue weighted by Gasteiger charge is -2.37. The summed E-state index contributed by atoms with van der Waals surface area (Å²) in [7, 11) is 0. The van der Waals surface area contributed by atoms with Gasteiger partial charge in [-0.3, -0.25) is 4.79 Å². The van der Waals surface area contributed by atoms with Crippen LogP contribution in [-0.4, -0.2) is 56.3 Å². The summed E-state index contributed by atoms with van der Waals surface area (Å²) in [5, 5.41) is 3.78. The molecule has 1 unspecified atom stereocenters. The van der Waals surface area contributed by atoms with Gasteiger partial charge in [0.25, 0.3) is 5.91 Å². The van der Waals surface area contributed by atoms with Crippen molar-refractivity contribution in [2.75, 3.05) is 49.1 Å². The Morgan fingerprint density at radius 3 is 2.54 bits per heavy atom. The molecular weight excluding hydrogens is 457 g/mol. The fourth-order valence-corrected chi connectivity index (χ4v) is 4.69. The van der Waals surface area contributed by atoms with E-state index < -0.39 is 11.7 Å². The molecule has 3 aromatic rings. The highest BCUT2D eigenvalue weighted by molar-refractivity contribution is 6.07. The largest absolute Gasteiger partial charge is 0.416 e. The monoisotopic (exact) mass is 484 g/mol. The summed E-state index contributed by atoms with van der Waals surface area (Å²) in [6, 6.07) is 14.8. The zero-order valence-electron chi connectivity index (χ0n) is 19.2. The number of ether oxygens (including phenoxy) is 1. The van der Waals surface area contributed by atoms with Gasteiger partial charge in [0.2, 0.25) is 0 Å². The predicted molar refractivity (Wildman–Crippen MR) is 129 cm³/mol. The van der Waals surface area contributed by atoms with Crippen LogP contribution < -0.4 is 15.1 Å². The maximum Gasteiger partial charge on any atom is 0.416 e. The number of rotatable bonds is 5. The maximum atomic E-state index is 13.1. The molecule has 35 heavy (non-hydrogen) atoms. The first-order valence-electron chi connectivity index (χ1n) is 11.9. The number of carbonyl (C=O) groups excluding carboxylic acids is 1. The Kier molecular flexibility index (Phi) is 6.51. The average molecular weight is 485 g/mol. The molecule has 3 heterocycles. The second-order valence-corrected chi connectivity index (χ2v) is 8.91. The van der Waals surface area contributed by atoms with Gasteiger partial charge in [-0.2, -0.15) is 13.2 Å². The number of alkyl halides is 3. The summed E-state index contributed by atoms with van der Waals surface area (Å²) in [5.74, 6) is 0.526. The van der Waals surface area contributed by atoms with Gasteiger partial charge in [0, 0.05) is 50.4 Å².